The third kappa shape index (κ3) is 5.66. The van der Waals surface area contributed by atoms with Gasteiger partial charge in [0.25, 0.3) is 0 Å². The number of fused-ring (bicyclic) bond motifs is 4. The van der Waals surface area contributed by atoms with Gasteiger partial charge in [-0.15, -0.1) is 54.6 Å². The van der Waals surface area contributed by atoms with E-state index in [0.29, 0.717) is 0 Å². The van der Waals surface area contributed by atoms with Crippen LogP contribution in [0.1, 0.15) is 0 Å². The first-order valence-corrected chi connectivity index (χ1v) is 22.2. The van der Waals surface area contributed by atoms with Crippen molar-refractivity contribution in [3.05, 3.63) is 36.4 Å². The van der Waals surface area contributed by atoms with Gasteiger partial charge in [-0.1, -0.05) is 91.0 Å². The van der Waals surface area contributed by atoms with Gasteiger partial charge in [-0.3, -0.25) is 0 Å². The van der Waals surface area contributed by atoms with Crippen molar-refractivity contribution in [3.8, 4) is 33.4 Å². The Morgan fingerprint density at radius 1 is 0.183 bits per heavy atom. The van der Waals surface area contributed by atoms with E-state index in [1.165, 1.54) is 186 Å². The molecule has 0 nitrogen and oxygen atoms in total. The lowest BCUT2D eigenvalue weighted by molar-refractivity contribution is 1.71. The molecule has 60 heavy (non-hydrogen) atoms. The van der Waals surface area contributed by atoms with Gasteiger partial charge in [0.05, 0.1) is 0 Å². The van der Waals surface area contributed by atoms with Crippen LogP contribution >= 0.6 is 0 Å². The van der Waals surface area contributed by atoms with Gasteiger partial charge in [0.2, 0.25) is 0 Å². The molecule has 266 valence electrons. The molecule has 8 rings (SSSR count). The second-order valence-electron chi connectivity index (χ2n) is 19.0. The van der Waals surface area contributed by atoms with E-state index in [1.54, 1.807) is 0 Å². The molecule has 0 bridgehead atoms. The fourth-order valence-corrected chi connectivity index (χ4v) is 11.5. The Labute approximate surface area is 376 Å². The molecule has 0 saturated heterocycles. The van der Waals surface area contributed by atoms with Crippen molar-refractivity contribution >= 4 is 309 Å². The van der Waals surface area contributed by atoms with Crippen molar-refractivity contribution in [1.82, 2.24) is 0 Å². The van der Waals surface area contributed by atoms with Crippen LogP contribution in [0, 0.1) is 0 Å². The van der Waals surface area contributed by atoms with E-state index in [-0.39, 0.29) is 0 Å². The highest BCUT2D eigenvalue weighted by Crippen LogP contribution is 2.44. The Morgan fingerprint density at radius 3 is 0.783 bits per heavy atom. The van der Waals surface area contributed by atoms with Crippen LogP contribution in [0.25, 0.3) is 76.5 Å². The van der Waals surface area contributed by atoms with Crippen LogP contribution in [0.5, 0.6) is 0 Å². The van der Waals surface area contributed by atoms with Gasteiger partial charge >= 0.3 is 0 Å². The van der Waals surface area contributed by atoms with Crippen LogP contribution in [-0.4, -0.2) is 157 Å². The first-order chi connectivity index (χ1) is 28.2. The molecule has 0 aliphatic rings. The maximum atomic E-state index is 2.49. The third-order valence-electron chi connectivity index (χ3n) is 16.9. The summed E-state index contributed by atoms with van der Waals surface area (Å²) in [4.78, 5) is 0. The van der Waals surface area contributed by atoms with E-state index in [1.807, 2.05) is 0 Å². The fraction of sp³-hybridized carbons (Fsp3) is 0. The maximum Gasteiger partial charge on any atom is 0.139 e. The Kier molecular flexibility index (Phi) is 10.6. The summed E-state index contributed by atoms with van der Waals surface area (Å²) >= 11 is 0. The van der Waals surface area contributed by atoms with Crippen LogP contribution < -0.4 is 109 Å². The predicted molar refractivity (Wildman–Crippen MR) is 336 cm³/mol. The molecule has 0 amide bonds. The standard InChI is InChI=1S/C40H46B20/c41-21-12(22(42)33(53)40(60)32(21)52)10-6-5-9(7-3-1-2-4-8(7)10)11-14-16(26(46)36(56)34(54)23(14)43)13(17-15(11)24(44)35(55)37(57)27(17)47)18-19-20(29(49)31(51)25(18)45)30(50)39(59)38(58)28(19)48/h1-6H,41-60H2. The Bertz CT molecular complexity index is 3200. The average molecular weight is 743 g/mol. The van der Waals surface area contributed by atoms with Gasteiger partial charge in [-0.25, -0.2) is 0 Å². The van der Waals surface area contributed by atoms with E-state index < -0.39 is 0 Å². The van der Waals surface area contributed by atoms with E-state index in [0.717, 1.165) is 0 Å². The normalized spacial score (nSPS) is 11.7. The van der Waals surface area contributed by atoms with Gasteiger partial charge in [-0.2, -0.15) is 0 Å². The third-order valence-corrected chi connectivity index (χ3v) is 16.9. The van der Waals surface area contributed by atoms with Gasteiger partial charge in [0.1, 0.15) is 157 Å². The van der Waals surface area contributed by atoms with E-state index >= 15 is 0 Å². The molecule has 8 aromatic carbocycles. The zero-order chi connectivity index (χ0) is 43.9. The highest BCUT2D eigenvalue weighted by Gasteiger charge is 2.29. The summed E-state index contributed by atoms with van der Waals surface area (Å²) in [7, 11) is 47.1. The van der Waals surface area contributed by atoms with Crippen LogP contribution in [-0.2, 0) is 0 Å². The van der Waals surface area contributed by atoms with Crippen molar-refractivity contribution in [2.24, 2.45) is 0 Å². The first kappa shape index (κ1) is 42.8. The summed E-state index contributed by atoms with van der Waals surface area (Å²) in [6.45, 7) is 0. The molecule has 0 fully saturated rings. The number of hydrogen-bond donors (Lipinski definition) is 0. The first-order valence-electron chi connectivity index (χ1n) is 22.2. The van der Waals surface area contributed by atoms with Gasteiger partial charge in [-0.05, 0) is 76.5 Å². The molecule has 0 unspecified atom stereocenters. The van der Waals surface area contributed by atoms with Crippen molar-refractivity contribution < 1.29 is 0 Å². The monoisotopic (exact) mass is 747 g/mol. The van der Waals surface area contributed by atoms with Gasteiger partial charge in [0.15, 0.2) is 0 Å². The SMILES string of the molecule is Bc1c(B)c(B)c(-c2ccc(-c3c4c(B)c(B)c(B)c(B)c4c(-c4c(B)c(B)c(B)c5c(B)c(B)c(B)c(B)c45)c4c(B)c(B)c(B)c(B)c34)c3ccccc23)c(B)c1B. The van der Waals surface area contributed by atoms with Crippen LogP contribution in [0.2, 0.25) is 0 Å². The molecule has 0 heterocycles. The smallest absolute Gasteiger partial charge is 0.102 e. The molecule has 20 heteroatoms. The fourth-order valence-electron chi connectivity index (χ4n) is 11.5. The topological polar surface area (TPSA) is 0 Å². The second-order valence-corrected chi connectivity index (χ2v) is 19.0. The summed E-state index contributed by atoms with van der Waals surface area (Å²) < 4.78 is 0. The van der Waals surface area contributed by atoms with Crippen molar-refractivity contribution in [2.75, 3.05) is 0 Å². The van der Waals surface area contributed by atoms with Crippen molar-refractivity contribution in [3.63, 3.8) is 0 Å². The lowest BCUT2D eigenvalue weighted by Gasteiger charge is -2.31. The number of rotatable bonds is 3. The number of benzene rings is 8. The predicted octanol–water partition coefficient (Wildman–Crippen LogP) is -23.5. The minimum atomic E-state index is 1.32. The van der Waals surface area contributed by atoms with E-state index in [4.69, 9.17) is 0 Å². The molecule has 0 atom stereocenters. The Morgan fingerprint density at radius 2 is 0.417 bits per heavy atom. The molecule has 0 radical (unpaired) electrons. The summed E-state index contributed by atoms with van der Waals surface area (Å²) in [5, 5.41) is 11.1. The lowest BCUT2D eigenvalue weighted by atomic mass is 9.56. The summed E-state index contributed by atoms with van der Waals surface area (Å²) in [6, 6.07) is 14.2. The molecule has 0 N–H and O–H groups in total. The summed E-state index contributed by atoms with van der Waals surface area (Å²) in [5.41, 5.74) is 36.2. The molecular formula is C40H46B20. The minimum absolute atomic E-state index is 1.32. The highest BCUT2D eigenvalue weighted by molar-refractivity contribution is 6.75. The van der Waals surface area contributed by atoms with Crippen LogP contribution in [0.4, 0.5) is 0 Å². The van der Waals surface area contributed by atoms with Gasteiger partial charge < -0.3 is 0 Å². The van der Waals surface area contributed by atoms with Crippen molar-refractivity contribution in [2.45, 2.75) is 0 Å². The Balaban J connectivity index is 1.71. The highest BCUT2D eigenvalue weighted by atomic mass is 14.3. The summed E-state index contributed by atoms with van der Waals surface area (Å²) in [5.74, 6) is 0. The zero-order valence-electron chi connectivity index (χ0n) is 40.5. The zero-order valence-corrected chi connectivity index (χ0v) is 40.5. The molecule has 0 saturated carbocycles. The van der Waals surface area contributed by atoms with E-state index in [2.05, 4.69) is 193 Å². The average Bonchev–Trinajstić information content (AvgIpc) is 3.24. The molecule has 0 aliphatic heterocycles. The van der Waals surface area contributed by atoms with Crippen LogP contribution in [0.15, 0.2) is 36.4 Å². The van der Waals surface area contributed by atoms with Crippen molar-refractivity contribution in [1.29, 1.82) is 0 Å². The summed E-state index contributed by atoms with van der Waals surface area (Å²) in [6.07, 6.45) is 0. The molecule has 0 spiro atoms. The number of hydrogen-bond acceptors (Lipinski definition) is 0. The largest absolute Gasteiger partial charge is 0.139 e. The lowest BCUT2D eigenvalue weighted by Crippen LogP contribution is -2.55. The molecule has 0 aliphatic carbocycles. The minimum Gasteiger partial charge on any atom is -0.102 e. The molecule has 8 aromatic rings. The molecule has 0 aromatic heterocycles. The Hall–Kier alpha value is -3.90. The van der Waals surface area contributed by atoms with Gasteiger partial charge in [0, 0.05) is 0 Å². The quantitative estimate of drug-likeness (QED) is 0.125. The van der Waals surface area contributed by atoms with E-state index in [9.17, 15) is 0 Å². The maximum absolute atomic E-state index is 2.49. The van der Waals surface area contributed by atoms with Crippen LogP contribution in [0.3, 0.4) is 0 Å². The second kappa shape index (κ2) is 14.9. The molecular weight excluding hydrogens is 697 g/mol.